The quantitative estimate of drug-likeness (QED) is 0.470. The third-order valence-corrected chi connectivity index (χ3v) is 5.27. The number of nitrogen functional groups attached to an aromatic ring is 1. The number of nitrogens with two attached hydrogens (primary N) is 1. The summed E-state index contributed by atoms with van der Waals surface area (Å²) in [6.07, 6.45) is 1.68. The van der Waals surface area contributed by atoms with Gasteiger partial charge in [0.1, 0.15) is 16.9 Å². The van der Waals surface area contributed by atoms with Crippen LogP contribution < -0.4 is 5.73 Å². The summed E-state index contributed by atoms with van der Waals surface area (Å²) in [7, 11) is 0. The lowest BCUT2D eigenvalue weighted by atomic mass is 9.88. The summed E-state index contributed by atoms with van der Waals surface area (Å²) in [4.78, 5) is 13.8. The number of anilines is 1. The van der Waals surface area contributed by atoms with E-state index in [0.29, 0.717) is 28.1 Å². The number of hydrogen-bond acceptors (Lipinski definition) is 8. The van der Waals surface area contributed by atoms with Gasteiger partial charge in [0, 0.05) is 17.3 Å². The molecule has 108 valence electrons. The number of aromatic nitrogens is 2. The van der Waals surface area contributed by atoms with Crippen molar-refractivity contribution in [3.05, 3.63) is 22.3 Å². The fraction of sp³-hybridized carbons (Fsp3) is 0.0714. The van der Waals surface area contributed by atoms with Gasteiger partial charge in [-0.1, -0.05) is 0 Å². The first-order valence-electron chi connectivity index (χ1n) is 6.44. The summed E-state index contributed by atoms with van der Waals surface area (Å²) in [5.41, 5.74) is 13.7. The number of thiazole rings is 2. The minimum Gasteiger partial charge on any atom is -0.395 e. The standard InChI is InChI=1S/C14H10N6S2/c1-2-18-10-6-5(13-12(9(10)17)20-4-21-13)7(15)8(16)11-14(6)22-3-19-11/h2-4,15-16H,17H2,1H3/b15-7?,16-8?,18-2-. The molecule has 6 nitrogen and oxygen atoms in total. The molecule has 4 rings (SSSR count). The van der Waals surface area contributed by atoms with Crippen LogP contribution >= 0.6 is 22.7 Å². The van der Waals surface area contributed by atoms with Gasteiger partial charge in [-0.2, -0.15) is 0 Å². The molecule has 1 aliphatic carbocycles. The lowest BCUT2D eigenvalue weighted by Gasteiger charge is -2.20. The van der Waals surface area contributed by atoms with Crippen LogP contribution in [0.25, 0.3) is 20.7 Å². The smallest absolute Gasteiger partial charge is 0.109 e. The SMILES string of the molecule is C/C=N\c1c2c(c3scnc3c1N)C(=N)C(=N)c1ncsc1-2. The molecule has 0 amide bonds. The summed E-state index contributed by atoms with van der Waals surface area (Å²) in [5.74, 6) is 0. The molecule has 1 aromatic carbocycles. The Balaban J connectivity index is 2.28. The maximum absolute atomic E-state index is 8.39. The van der Waals surface area contributed by atoms with Gasteiger partial charge in [-0.05, 0) is 6.92 Å². The molecule has 0 atom stereocenters. The van der Waals surface area contributed by atoms with Crippen molar-refractivity contribution < 1.29 is 0 Å². The van der Waals surface area contributed by atoms with Crippen LogP contribution in [0, 0.1) is 10.8 Å². The predicted molar refractivity (Wildman–Crippen MR) is 92.6 cm³/mol. The molecule has 0 fully saturated rings. The van der Waals surface area contributed by atoms with Crippen molar-refractivity contribution >= 4 is 61.9 Å². The van der Waals surface area contributed by atoms with E-state index in [0.717, 1.165) is 15.1 Å². The maximum Gasteiger partial charge on any atom is 0.109 e. The van der Waals surface area contributed by atoms with Gasteiger partial charge in [0.05, 0.1) is 37.7 Å². The van der Waals surface area contributed by atoms with Crippen molar-refractivity contribution in [2.24, 2.45) is 4.99 Å². The molecule has 0 saturated heterocycles. The van der Waals surface area contributed by atoms with E-state index in [4.69, 9.17) is 16.6 Å². The van der Waals surface area contributed by atoms with Crippen molar-refractivity contribution in [1.29, 1.82) is 10.8 Å². The van der Waals surface area contributed by atoms with Gasteiger partial charge < -0.3 is 5.73 Å². The normalized spacial score (nSPS) is 13.9. The lowest BCUT2D eigenvalue weighted by molar-refractivity contribution is 1.33. The molecule has 0 bridgehead atoms. The number of aliphatic imine (C=N–C) groups is 1. The highest BCUT2D eigenvalue weighted by Crippen LogP contribution is 2.49. The second-order valence-electron chi connectivity index (χ2n) is 4.71. The van der Waals surface area contributed by atoms with Gasteiger partial charge in [0.15, 0.2) is 0 Å². The van der Waals surface area contributed by atoms with E-state index in [1.54, 1.807) is 17.2 Å². The Labute approximate surface area is 133 Å². The molecular formula is C14H10N6S2. The zero-order valence-electron chi connectivity index (χ0n) is 11.5. The largest absolute Gasteiger partial charge is 0.395 e. The molecule has 3 aromatic rings. The van der Waals surface area contributed by atoms with Crippen molar-refractivity contribution in [2.75, 3.05) is 5.73 Å². The Morgan fingerprint density at radius 3 is 2.68 bits per heavy atom. The number of hydrogen-bond donors (Lipinski definition) is 3. The third-order valence-electron chi connectivity index (χ3n) is 3.58. The number of fused-ring (bicyclic) bond motifs is 5. The van der Waals surface area contributed by atoms with E-state index in [9.17, 15) is 0 Å². The average molecular weight is 326 g/mol. The van der Waals surface area contributed by atoms with Gasteiger partial charge in [0.25, 0.3) is 0 Å². The summed E-state index contributed by atoms with van der Waals surface area (Å²) < 4.78 is 0.830. The Morgan fingerprint density at radius 1 is 1.14 bits per heavy atom. The molecule has 8 heteroatoms. The van der Waals surface area contributed by atoms with Crippen LogP contribution in [0.1, 0.15) is 18.2 Å². The van der Waals surface area contributed by atoms with Crippen molar-refractivity contribution in [3.8, 4) is 10.4 Å². The lowest BCUT2D eigenvalue weighted by Crippen LogP contribution is -2.21. The molecule has 4 N–H and O–H groups in total. The van der Waals surface area contributed by atoms with Crippen LogP contribution in [-0.2, 0) is 0 Å². The van der Waals surface area contributed by atoms with E-state index in [-0.39, 0.29) is 11.4 Å². The predicted octanol–water partition coefficient (Wildman–Crippen LogP) is 3.47. The van der Waals surface area contributed by atoms with E-state index >= 15 is 0 Å². The zero-order valence-corrected chi connectivity index (χ0v) is 13.1. The van der Waals surface area contributed by atoms with Crippen molar-refractivity contribution in [1.82, 2.24) is 9.97 Å². The van der Waals surface area contributed by atoms with Gasteiger partial charge in [-0.3, -0.25) is 15.8 Å². The van der Waals surface area contributed by atoms with Crippen LogP contribution in [0.5, 0.6) is 0 Å². The molecule has 22 heavy (non-hydrogen) atoms. The summed E-state index contributed by atoms with van der Waals surface area (Å²) in [5, 5.41) is 16.6. The first-order chi connectivity index (χ1) is 10.6. The van der Waals surface area contributed by atoms with Gasteiger partial charge in [-0.15, -0.1) is 22.7 Å². The molecule has 2 aromatic heterocycles. The average Bonchev–Trinajstić information content (AvgIpc) is 3.16. The monoisotopic (exact) mass is 326 g/mol. The van der Waals surface area contributed by atoms with E-state index < -0.39 is 0 Å². The van der Waals surface area contributed by atoms with E-state index in [2.05, 4.69) is 15.0 Å². The molecular weight excluding hydrogens is 316 g/mol. The van der Waals surface area contributed by atoms with Gasteiger partial charge in [0.2, 0.25) is 0 Å². The second-order valence-corrected chi connectivity index (χ2v) is 6.42. The Kier molecular flexibility index (Phi) is 2.72. The molecule has 0 radical (unpaired) electrons. The number of nitrogens with one attached hydrogen (secondary N) is 2. The Hall–Kier alpha value is -2.45. The fourth-order valence-electron chi connectivity index (χ4n) is 2.66. The molecule has 0 spiro atoms. The van der Waals surface area contributed by atoms with Crippen LogP contribution in [0.3, 0.4) is 0 Å². The van der Waals surface area contributed by atoms with Gasteiger partial charge in [-0.25, -0.2) is 9.97 Å². The zero-order chi connectivity index (χ0) is 15.4. The van der Waals surface area contributed by atoms with Crippen LogP contribution in [0.2, 0.25) is 0 Å². The van der Waals surface area contributed by atoms with E-state index in [1.807, 2.05) is 6.92 Å². The van der Waals surface area contributed by atoms with Gasteiger partial charge >= 0.3 is 0 Å². The number of benzene rings is 1. The number of nitrogens with zero attached hydrogens (tertiary/aromatic N) is 3. The third kappa shape index (κ3) is 1.50. The molecule has 0 saturated carbocycles. The number of rotatable bonds is 1. The molecule has 2 heterocycles. The summed E-state index contributed by atoms with van der Waals surface area (Å²) >= 11 is 2.87. The maximum atomic E-state index is 8.39. The van der Waals surface area contributed by atoms with E-state index in [1.165, 1.54) is 22.7 Å². The minimum absolute atomic E-state index is 0.134. The first kappa shape index (κ1) is 13.2. The summed E-state index contributed by atoms with van der Waals surface area (Å²) in [6.45, 7) is 1.82. The Bertz CT molecular complexity index is 994. The molecule has 0 unspecified atom stereocenters. The molecule has 1 aliphatic rings. The minimum atomic E-state index is 0.134. The van der Waals surface area contributed by atoms with Crippen molar-refractivity contribution in [3.63, 3.8) is 0 Å². The molecule has 0 aliphatic heterocycles. The highest BCUT2D eigenvalue weighted by Gasteiger charge is 2.33. The Morgan fingerprint density at radius 2 is 1.91 bits per heavy atom. The fourth-order valence-corrected chi connectivity index (χ4v) is 4.37. The topological polar surface area (TPSA) is 112 Å². The van der Waals surface area contributed by atoms with Crippen LogP contribution in [0.15, 0.2) is 16.0 Å². The highest BCUT2D eigenvalue weighted by atomic mass is 32.1. The summed E-state index contributed by atoms with van der Waals surface area (Å²) in [6, 6.07) is 0. The van der Waals surface area contributed by atoms with Crippen LogP contribution in [0.4, 0.5) is 11.4 Å². The van der Waals surface area contributed by atoms with Crippen molar-refractivity contribution in [2.45, 2.75) is 6.92 Å². The first-order valence-corrected chi connectivity index (χ1v) is 8.20. The second kappa shape index (κ2) is 4.52. The highest BCUT2D eigenvalue weighted by molar-refractivity contribution is 7.18. The van der Waals surface area contributed by atoms with Crippen LogP contribution in [-0.4, -0.2) is 27.6 Å².